The topological polar surface area (TPSA) is 70.0 Å². The molecule has 0 radical (unpaired) electrons. The minimum Gasteiger partial charge on any atom is -0.215 e. The Bertz CT molecular complexity index is 558. The summed E-state index contributed by atoms with van der Waals surface area (Å²) in [5, 5.41) is 8.66. The molecule has 2 unspecified atom stereocenters. The maximum absolute atomic E-state index is 11.8. The monoisotopic (exact) mass is 264 g/mol. The number of nitrogens with zero attached hydrogens (tertiary/aromatic N) is 1. The van der Waals surface area contributed by atoms with E-state index in [1.807, 2.05) is 6.07 Å². The molecule has 1 aromatic carbocycles. The highest BCUT2D eigenvalue weighted by Gasteiger charge is 2.33. The van der Waals surface area contributed by atoms with E-state index in [0.29, 0.717) is 29.5 Å². The fourth-order valence-corrected chi connectivity index (χ4v) is 3.06. The van der Waals surface area contributed by atoms with Crippen molar-refractivity contribution in [3.05, 3.63) is 35.4 Å². The third kappa shape index (κ3) is 3.56. The number of rotatable bonds is 5. The van der Waals surface area contributed by atoms with E-state index in [4.69, 9.17) is 5.26 Å². The van der Waals surface area contributed by atoms with E-state index in [2.05, 4.69) is 11.6 Å². The first-order valence-electron chi connectivity index (χ1n) is 5.96. The predicted molar refractivity (Wildman–Crippen MR) is 69.1 cm³/mol. The zero-order valence-electron chi connectivity index (χ0n) is 10.3. The Morgan fingerprint density at radius 2 is 2.00 bits per heavy atom. The van der Waals surface area contributed by atoms with Gasteiger partial charge in [-0.05, 0) is 36.0 Å². The molecule has 1 saturated carbocycles. The predicted octanol–water partition coefficient (Wildman–Crippen LogP) is 1.63. The van der Waals surface area contributed by atoms with Crippen LogP contribution in [0.1, 0.15) is 24.5 Å². The lowest BCUT2D eigenvalue weighted by atomic mass is 10.2. The van der Waals surface area contributed by atoms with Gasteiger partial charge in [0.15, 0.2) is 0 Å². The van der Waals surface area contributed by atoms with Gasteiger partial charge in [0.2, 0.25) is 10.0 Å². The Morgan fingerprint density at radius 3 is 2.50 bits per heavy atom. The average Bonchev–Trinajstić information content (AvgIpc) is 3.04. The Kier molecular flexibility index (Phi) is 3.69. The molecule has 1 N–H and O–H groups in total. The first-order valence-corrected chi connectivity index (χ1v) is 7.62. The Morgan fingerprint density at radius 1 is 1.39 bits per heavy atom. The lowest BCUT2D eigenvalue weighted by molar-refractivity contribution is 0.573. The number of hydrogen-bond acceptors (Lipinski definition) is 3. The molecule has 0 bridgehead atoms. The van der Waals surface area contributed by atoms with Crippen LogP contribution in [0.4, 0.5) is 0 Å². The molecule has 2 rings (SSSR count). The van der Waals surface area contributed by atoms with Gasteiger partial charge in [-0.25, -0.2) is 13.1 Å². The Balaban J connectivity index is 1.92. The second-order valence-electron chi connectivity index (χ2n) is 4.89. The summed E-state index contributed by atoms with van der Waals surface area (Å²) in [4.78, 5) is 0. The lowest BCUT2D eigenvalue weighted by Crippen LogP contribution is -2.27. The average molecular weight is 264 g/mol. The van der Waals surface area contributed by atoms with E-state index in [1.165, 1.54) is 0 Å². The van der Waals surface area contributed by atoms with Crippen molar-refractivity contribution in [3.8, 4) is 6.07 Å². The normalized spacial score (nSPS) is 22.4. The van der Waals surface area contributed by atoms with Gasteiger partial charge in [-0.15, -0.1) is 0 Å². The molecule has 1 aliphatic carbocycles. The molecular formula is C13H16N2O2S. The van der Waals surface area contributed by atoms with Gasteiger partial charge in [-0.3, -0.25) is 0 Å². The molecule has 4 nitrogen and oxygen atoms in total. The van der Waals surface area contributed by atoms with Crippen LogP contribution in [0.5, 0.6) is 0 Å². The third-order valence-electron chi connectivity index (χ3n) is 3.28. The van der Waals surface area contributed by atoms with Crippen molar-refractivity contribution < 1.29 is 8.42 Å². The van der Waals surface area contributed by atoms with Crippen molar-refractivity contribution in [1.29, 1.82) is 5.26 Å². The first kappa shape index (κ1) is 13.1. The van der Waals surface area contributed by atoms with E-state index in [9.17, 15) is 8.42 Å². The molecule has 2 atom stereocenters. The minimum atomic E-state index is -3.27. The van der Waals surface area contributed by atoms with Crippen molar-refractivity contribution >= 4 is 10.0 Å². The molecular weight excluding hydrogens is 248 g/mol. The Hall–Kier alpha value is -1.38. The summed E-state index contributed by atoms with van der Waals surface area (Å²) in [5.74, 6) is 1.11. The number of sulfonamides is 1. The third-order valence-corrected chi connectivity index (χ3v) is 4.60. The van der Waals surface area contributed by atoms with Gasteiger partial charge in [0.1, 0.15) is 0 Å². The van der Waals surface area contributed by atoms with Gasteiger partial charge in [0, 0.05) is 6.54 Å². The highest BCUT2D eigenvalue weighted by molar-refractivity contribution is 7.88. The molecule has 1 fully saturated rings. The molecule has 5 heteroatoms. The quantitative estimate of drug-likeness (QED) is 0.878. The molecule has 0 spiro atoms. The summed E-state index contributed by atoms with van der Waals surface area (Å²) >= 11 is 0. The summed E-state index contributed by atoms with van der Waals surface area (Å²) in [5.41, 5.74) is 1.24. The SMILES string of the molecule is CC1CC1CNS(=O)(=O)Cc1ccc(C#N)cc1. The van der Waals surface area contributed by atoms with Crippen molar-refractivity contribution in [3.63, 3.8) is 0 Å². The van der Waals surface area contributed by atoms with Crippen LogP contribution in [0, 0.1) is 23.2 Å². The smallest absolute Gasteiger partial charge is 0.215 e. The van der Waals surface area contributed by atoms with E-state index >= 15 is 0 Å². The van der Waals surface area contributed by atoms with Gasteiger partial charge in [-0.2, -0.15) is 5.26 Å². The van der Waals surface area contributed by atoms with E-state index in [-0.39, 0.29) is 5.75 Å². The van der Waals surface area contributed by atoms with E-state index < -0.39 is 10.0 Å². The standard InChI is InChI=1S/C13H16N2O2S/c1-10-6-13(10)8-15-18(16,17)9-12-4-2-11(7-14)3-5-12/h2-5,10,13,15H,6,8-9H2,1H3. The molecule has 0 amide bonds. The number of hydrogen-bond donors (Lipinski definition) is 1. The summed E-state index contributed by atoms with van der Waals surface area (Å²) in [7, 11) is -3.27. The zero-order valence-corrected chi connectivity index (χ0v) is 11.1. The molecule has 0 saturated heterocycles. The molecule has 1 aliphatic rings. The van der Waals surface area contributed by atoms with Gasteiger partial charge in [0.25, 0.3) is 0 Å². The molecule has 0 heterocycles. The molecule has 0 aliphatic heterocycles. The summed E-state index contributed by atoms with van der Waals surface area (Å²) in [6.07, 6.45) is 1.11. The van der Waals surface area contributed by atoms with E-state index in [1.54, 1.807) is 24.3 Å². The van der Waals surface area contributed by atoms with Crippen LogP contribution >= 0.6 is 0 Å². The van der Waals surface area contributed by atoms with Crippen molar-refractivity contribution in [2.75, 3.05) is 6.54 Å². The van der Waals surface area contributed by atoms with Crippen LogP contribution in [0.25, 0.3) is 0 Å². The van der Waals surface area contributed by atoms with Gasteiger partial charge in [-0.1, -0.05) is 19.1 Å². The number of nitriles is 1. The van der Waals surface area contributed by atoms with Crippen LogP contribution in [0.15, 0.2) is 24.3 Å². The van der Waals surface area contributed by atoms with Gasteiger partial charge in [0.05, 0.1) is 17.4 Å². The lowest BCUT2D eigenvalue weighted by Gasteiger charge is -2.06. The maximum Gasteiger partial charge on any atom is 0.215 e. The van der Waals surface area contributed by atoms with Crippen molar-refractivity contribution in [2.24, 2.45) is 11.8 Å². The molecule has 0 aromatic heterocycles. The van der Waals surface area contributed by atoms with Crippen molar-refractivity contribution in [2.45, 2.75) is 19.1 Å². The first-order chi connectivity index (χ1) is 8.50. The van der Waals surface area contributed by atoms with Crippen LogP contribution in [0.2, 0.25) is 0 Å². The van der Waals surface area contributed by atoms with Crippen LogP contribution in [-0.4, -0.2) is 15.0 Å². The maximum atomic E-state index is 11.8. The van der Waals surface area contributed by atoms with Crippen LogP contribution < -0.4 is 4.72 Å². The second-order valence-corrected chi connectivity index (χ2v) is 6.70. The molecule has 96 valence electrons. The highest BCUT2D eigenvalue weighted by atomic mass is 32.2. The number of benzene rings is 1. The summed E-state index contributed by atoms with van der Waals surface area (Å²) in [6, 6.07) is 8.63. The molecule has 1 aromatic rings. The van der Waals surface area contributed by atoms with Crippen LogP contribution in [-0.2, 0) is 15.8 Å². The fourth-order valence-electron chi connectivity index (χ4n) is 1.86. The Labute approximate surface area is 108 Å². The number of nitrogens with one attached hydrogen (secondary N) is 1. The summed E-state index contributed by atoms with van der Waals surface area (Å²) < 4.78 is 26.3. The second kappa shape index (κ2) is 5.09. The van der Waals surface area contributed by atoms with Gasteiger partial charge >= 0.3 is 0 Å². The van der Waals surface area contributed by atoms with E-state index in [0.717, 1.165) is 6.42 Å². The fraction of sp³-hybridized carbons (Fsp3) is 0.462. The summed E-state index contributed by atoms with van der Waals surface area (Å²) in [6.45, 7) is 2.67. The van der Waals surface area contributed by atoms with Crippen LogP contribution in [0.3, 0.4) is 0 Å². The highest BCUT2D eigenvalue weighted by Crippen LogP contribution is 2.36. The molecule has 18 heavy (non-hydrogen) atoms. The minimum absolute atomic E-state index is 0.0280. The van der Waals surface area contributed by atoms with Gasteiger partial charge < -0.3 is 0 Å². The largest absolute Gasteiger partial charge is 0.215 e. The zero-order chi connectivity index (χ0) is 13.2. The van der Waals surface area contributed by atoms with Crippen molar-refractivity contribution in [1.82, 2.24) is 4.72 Å².